The van der Waals surface area contributed by atoms with Crippen LogP contribution < -0.4 is 4.90 Å². The molecule has 6 nitrogen and oxygen atoms in total. The zero-order valence-electron chi connectivity index (χ0n) is 13.2. The van der Waals surface area contributed by atoms with Crippen LogP contribution in [-0.2, 0) is 0 Å². The molecule has 0 unspecified atom stereocenters. The Kier molecular flexibility index (Phi) is 3.65. The Morgan fingerprint density at radius 3 is 2.50 bits per heavy atom. The van der Waals surface area contributed by atoms with Crippen LogP contribution >= 0.6 is 0 Å². The molecule has 0 spiro atoms. The van der Waals surface area contributed by atoms with Crippen LogP contribution in [-0.4, -0.2) is 38.7 Å². The maximum Gasteiger partial charge on any atom is 0.352 e. The van der Waals surface area contributed by atoms with E-state index in [-0.39, 0.29) is 5.69 Å². The van der Waals surface area contributed by atoms with E-state index in [1.54, 1.807) is 10.6 Å². The fourth-order valence-electron chi connectivity index (χ4n) is 3.35. The van der Waals surface area contributed by atoms with Crippen LogP contribution in [0.3, 0.4) is 0 Å². The fourth-order valence-corrected chi connectivity index (χ4v) is 3.35. The molecule has 0 bridgehead atoms. The third kappa shape index (κ3) is 2.40. The molecule has 1 saturated heterocycles. The number of aromatic carboxylic acids is 1. The molecule has 0 amide bonds. The van der Waals surface area contributed by atoms with Crippen LogP contribution in [0.2, 0.25) is 0 Å². The minimum absolute atomic E-state index is 0.204. The Balaban J connectivity index is 1.95. The number of hydrogen-bond donors (Lipinski definition) is 1. The first-order valence-corrected chi connectivity index (χ1v) is 8.16. The molecule has 24 heavy (non-hydrogen) atoms. The summed E-state index contributed by atoms with van der Waals surface area (Å²) in [6, 6.07) is 11.1. The number of benzene rings is 1. The number of piperidine rings is 1. The summed E-state index contributed by atoms with van der Waals surface area (Å²) in [5.41, 5.74) is 1.62. The number of aromatic nitrogens is 3. The Morgan fingerprint density at radius 1 is 1.04 bits per heavy atom. The molecule has 1 fully saturated rings. The van der Waals surface area contributed by atoms with E-state index in [0.29, 0.717) is 5.65 Å². The molecule has 0 saturated carbocycles. The molecule has 0 aliphatic carbocycles. The second-order valence-electron chi connectivity index (χ2n) is 5.99. The first-order chi connectivity index (χ1) is 11.8. The maximum absolute atomic E-state index is 11.8. The lowest BCUT2D eigenvalue weighted by Crippen LogP contribution is -2.30. The number of anilines is 1. The standard InChI is InChI=1S/C18H18N4O2/c23-18(24)15-11-14-16(21-9-5-2-6-10-21)19-12-20-17(14)22(15)13-7-3-1-4-8-13/h1,3-4,7-8,11-12H,2,5-6,9-10H2,(H,23,24). The predicted molar refractivity (Wildman–Crippen MR) is 91.9 cm³/mol. The number of carboxylic acid groups (broad SMARTS) is 1. The average Bonchev–Trinajstić information content (AvgIpc) is 3.03. The van der Waals surface area contributed by atoms with Gasteiger partial charge in [0.15, 0.2) is 5.65 Å². The summed E-state index contributed by atoms with van der Waals surface area (Å²) in [6.07, 6.45) is 5.03. The Hall–Kier alpha value is -2.89. The van der Waals surface area contributed by atoms with Gasteiger partial charge < -0.3 is 10.0 Å². The lowest BCUT2D eigenvalue weighted by molar-refractivity contribution is 0.0688. The quantitative estimate of drug-likeness (QED) is 0.802. The molecule has 0 atom stereocenters. The second kappa shape index (κ2) is 5.96. The summed E-state index contributed by atoms with van der Waals surface area (Å²) < 4.78 is 1.69. The Bertz CT molecular complexity index is 883. The molecule has 6 heteroatoms. The largest absolute Gasteiger partial charge is 0.477 e. The van der Waals surface area contributed by atoms with E-state index in [4.69, 9.17) is 0 Å². The first-order valence-electron chi connectivity index (χ1n) is 8.16. The molecular weight excluding hydrogens is 304 g/mol. The van der Waals surface area contributed by atoms with Gasteiger partial charge in [-0.25, -0.2) is 14.8 Å². The van der Waals surface area contributed by atoms with Gasteiger partial charge in [0, 0.05) is 18.8 Å². The van der Waals surface area contributed by atoms with Crippen molar-refractivity contribution in [2.75, 3.05) is 18.0 Å². The van der Waals surface area contributed by atoms with Crippen molar-refractivity contribution in [2.24, 2.45) is 0 Å². The molecule has 4 rings (SSSR count). The predicted octanol–water partition coefficient (Wildman–Crippen LogP) is 3.11. The third-order valence-corrected chi connectivity index (χ3v) is 4.46. The van der Waals surface area contributed by atoms with Crippen molar-refractivity contribution in [2.45, 2.75) is 19.3 Å². The van der Waals surface area contributed by atoms with Crippen LogP contribution in [0.25, 0.3) is 16.7 Å². The highest BCUT2D eigenvalue weighted by Crippen LogP contribution is 2.30. The highest BCUT2D eigenvalue weighted by molar-refractivity contribution is 5.98. The fraction of sp³-hybridized carbons (Fsp3) is 0.278. The van der Waals surface area contributed by atoms with Gasteiger partial charge in [-0.3, -0.25) is 4.57 Å². The zero-order valence-corrected chi connectivity index (χ0v) is 13.2. The number of carbonyl (C=O) groups is 1. The zero-order chi connectivity index (χ0) is 16.5. The number of hydrogen-bond acceptors (Lipinski definition) is 4. The summed E-state index contributed by atoms with van der Waals surface area (Å²) in [5.74, 6) is -0.140. The number of nitrogens with zero attached hydrogens (tertiary/aromatic N) is 4. The van der Waals surface area contributed by atoms with Crippen molar-refractivity contribution in [3.8, 4) is 5.69 Å². The summed E-state index contributed by atoms with van der Waals surface area (Å²) in [4.78, 5) is 22.8. The van der Waals surface area contributed by atoms with Crippen molar-refractivity contribution in [3.05, 3.63) is 48.4 Å². The molecule has 2 aromatic heterocycles. The molecule has 1 aliphatic heterocycles. The summed E-state index contributed by atoms with van der Waals surface area (Å²) in [5, 5.41) is 10.4. The number of carboxylic acids is 1. The molecule has 122 valence electrons. The van der Waals surface area contributed by atoms with Gasteiger partial charge in [0.25, 0.3) is 0 Å². The van der Waals surface area contributed by atoms with Gasteiger partial charge in [-0.2, -0.15) is 0 Å². The highest BCUT2D eigenvalue weighted by atomic mass is 16.4. The van der Waals surface area contributed by atoms with E-state index in [1.165, 1.54) is 12.7 Å². The van der Waals surface area contributed by atoms with E-state index in [0.717, 1.165) is 42.8 Å². The Morgan fingerprint density at radius 2 is 1.79 bits per heavy atom. The van der Waals surface area contributed by atoms with E-state index in [2.05, 4.69) is 14.9 Å². The number of rotatable bonds is 3. The number of para-hydroxylation sites is 1. The van der Waals surface area contributed by atoms with Gasteiger partial charge in [-0.15, -0.1) is 0 Å². The van der Waals surface area contributed by atoms with E-state index in [1.807, 2.05) is 30.3 Å². The monoisotopic (exact) mass is 322 g/mol. The van der Waals surface area contributed by atoms with Crippen LogP contribution in [0.1, 0.15) is 29.8 Å². The summed E-state index contributed by atoms with van der Waals surface area (Å²) in [7, 11) is 0. The van der Waals surface area contributed by atoms with Crippen LogP contribution in [0.4, 0.5) is 5.82 Å². The topological polar surface area (TPSA) is 71.2 Å². The van der Waals surface area contributed by atoms with Gasteiger partial charge in [0.05, 0.1) is 5.39 Å². The van der Waals surface area contributed by atoms with E-state index < -0.39 is 5.97 Å². The van der Waals surface area contributed by atoms with Gasteiger partial charge in [-0.05, 0) is 37.5 Å². The van der Waals surface area contributed by atoms with Crippen molar-refractivity contribution in [3.63, 3.8) is 0 Å². The lowest BCUT2D eigenvalue weighted by atomic mass is 10.1. The summed E-state index contributed by atoms with van der Waals surface area (Å²) in [6.45, 7) is 1.90. The SMILES string of the molecule is O=C(O)c1cc2c(N3CCCCC3)ncnc2n1-c1ccccc1. The molecule has 1 N–H and O–H groups in total. The molecule has 3 aromatic rings. The average molecular weight is 322 g/mol. The second-order valence-corrected chi connectivity index (χ2v) is 5.99. The lowest BCUT2D eigenvalue weighted by Gasteiger charge is -2.28. The molecule has 1 aromatic carbocycles. The Labute approximate surface area is 139 Å². The van der Waals surface area contributed by atoms with Crippen molar-refractivity contribution < 1.29 is 9.90 Å². The molecule has 1 aliphatic rings. The highest BCUT2D eigenvalue weighted by Gasteiger charge is 2.22. The van der Waals surface area contributed by atoms with Crippen molar-refractivity contribution in [1.29, 1.82) is 0 Å². The van der Waals surface area contributed by atoms with Crippen LogP contribution in [0.5, 0.6) is 0 Å². The van der Waals surface area contributed by atoms with Crippen molar-refractivity contribution in [1.82, 2.24) is 14.5 Å². The van der Waals surface area contributed by atoms with Gasteiger partial charge in [0.1, 0.15) is 17.8 Å². The first kappa shape index (κ1) is 14.7. The van der Waals surface area contributed by atoms with E-state index in [9.17, 15) is 9.90 Å². The normalized spacial score (nSPS) is 14.9. The van der Waals surface area contributed by atoms with E-state index >= 15 is 0 Å². The van der Waals surface area contributed by atoms with Crippen LogP contribution in [0.15, 0.2) is 42.7 Å². The van der Waals surface area contributed by atoms with Gasteiger partial charge in [-0.1, -0.05) is 18.2 Å². The molecule has 0 radical (unpaired) electrons. The van der Waals surface area contributed by atoms with Crippen LogP contribution in [0, 0.1) is 0 Å². The maximum atomic E-state index is 11.8. The summed E-state index contributed by atoms with van der Waals surface area (Å²) >= 11 is 0. The molecule has 3 heterocycles. The number of fused-ring (bicyclic) bond motifs is 1. The minimum Gasteiger partial charge on any atom is -0.477 e. The van der Waals surface area contributed by atoms with Gasteiger partial charge >= 0.3 is 5.97 Å². The third-order valence-electron chi connectivity index (χ3n) is 4.46. The minimum atomic E-state index is -0.971. The smallest absolute Gasteiger partial charge is 0.352 e. The van der Waals surface area contributed by atoms with Gasteiger partial charge in [0.2, 0.25) is 0 Å². The van der Waals surface area contributed by atoms with Crippen molar-refractivity contribution >= 4 is 22.8 Å². The molecular formula is C18H18N4O2.